The van der Waals surface area contributed by atoms with E-state index in [1.165, 1.54) is 25.3 Å². The highest BCUT2D eigenvalue weighted by Gasteiger charge is 2.21. The molecule has 1 aromatic rings. The zero-order valence-corrected chi connectivity index (χ0v) is 15.1. The Bertz CT molecular complexity index is 561. The van der Waals surface area contributed by atoms with Gasteiger partial charge in [0.05, 0.1) is 11.1 Å². The zero-order valence-electron chi connectivity index (χ0n) is 15.1. The standard InChI is InChI=1S/C20H30O4/c1-4-15-12-13-17(19(21)22)18(20(23)24)16(15)11-9-7-5-6-8-10-14(2)3/h12-14H,4-11H2,1-3H3,(H,21,22)(H,23,24). The van der Waals surface area contributed by atoms with E-state index >= 15 is 0 Å². The van der Waals surface area contributed by atoms with E-state index in [1.54, 1.807) is 6.07 Å². The molecular weight excluding hydrogens is 304 g/mol. The van der Waals surface area contributed by atoms with Gasteiger partial charge >= 0.3 is 11.9 Å². The molecule has 1 rings (SSSR count). The Hall–Kier alpha value is -1.84. The highest BCUT2D eigenvalue weighted by molar-refractivity contribution is 6.03. The Labute approximate surface area is 144 Å². The van der Waals surface area contributed by atoms with Crippen molar-refractivity contribution in [1.82, 2.24) is 0 Å². The van der Waals surface area contributed by atoms with E-state index in [4.69, 9.17) is 0 Å². The second-order valence-corrected chi connectivity index (χ2v) is 6.79. The van der Waals surface area contributed by atoms with Crippen LogP contribution in [0.3, 0.4) is 0 Å². The molecule has 24 heavy (non-hydrogen) atoms. The topological polar surface area (TPSA) is 74.6 Å². The molecular formula is C20H30O4. The number of hydrogen-bond donors (Lipinski definition) is 2. The van der Waals surface area contributed by atoms with Crippen molar-refractivity contribution in [2.45, 2.75) is 72.1 Å². The molecule has 0 saturated carbocycles. The second kappa shape index (κ2) is 10.1. The number of benzene rings is 1. The maximum atomic E-state index is 11.6. The molecule has 0 heterocycles. The fourth-order valence-corrected chi connectivity index (χ4v) is 3.11. The monoisotopic (exact) mass is 334 g/mol. The fraction of sp³-hybridized carbons (Fsp3) is 0.600. The van der Waals surface area contributed by atoms with Gasteiger partial charge in [0.1, 0.15) is 0 Å². The lowest BCUT2D eigenvalue weighted by molar-refractivity contribution is 0.0650. The molecule has 0 fully saturated rings. The predicted octanol–water partition coefficient (Wildman–Crippen LogP) is 5.18. The number of aryl methyl sites for hydroxylation is 1. The minimum absolute atomic E-state index is 0.0262. The number of hydrogen-bond acceptors (Lipinski definition) is 2. The number of unbranched alkanes of at least 4 members (excludes halogenated alkanes) is 4. The van der Waals surface area contributed by atoms with Gasteiger partial charge < -0.3 is 10.2 Å². The van der Waals surface area contributed by atoms with Crippen molar-refractivity contribution < 1.29 is 19.8 Å². The van der Waals surface area contributed by atoms with E-state index in [0.29, 0.717) is 18.4 Å². The first kappa shape index (κ1) is 20.2. The van der Waals surface area contributed by atoms with Crippen LogP contribution < -0.4 is 0 Å². The van der Waals surface area contributed by atoms with Gasteiger partial charge in [-0.05, 0) is 42.4 Å². The molecule has 0 aliphatic carbocycles. The molecule has 0 atom stereocenters. The zero-order chi connectivity index (χ0) is 18.1. The first-order valence-corrected chi connectivity index (χ1v) is 8.99. The molecule has 4 heteroatoms. The van der Waals surface area contributed by atoms with Crippen molar-refractivity contribution in [2.24, 2.45) is 5.92 Å². The molecule has 0 aliphatic heterocycles. The normalized spacial score (nSPS) is 11.0. The fourth-order valence-electron chi connectivity index (χ4n) is 3.11. The van der Waals surface area contributed by atoms with Crippen molar-refractivity contribution in [3.63, 3.8) is 0 Å². The molecule has 0 bridgehead atoms. The van der Waals surface area contributed by atoms with Crippen LogP contribution in [0.15, 0.2) is 12.1 Å². The highest BCUT2D eigenvalue weighted by Crippen LogP contribution is 2.23. The molecule has 0 amide bonds. The Morgan fingerprint density at radius 1 is 0.958 bits per heavy atom. The molecule has 1 aromatic carbocycles. The summed E-state index contributed by atoms with van der Waals surface area (Å²) < 4.78 is 0. The van der Waals surface area contributed by atoms with Crippen molar-refractivity contribution in [2.75, 3.05) is 0 Å². The lowest BCUT2D eigenvalue weighted by Crippen LogP contribution is -2.13. The van der Waals surface area contributed by atoms with E-state index in [0.717, 1.165) is 30.7 Å². The predicted molar refractivity (Wildman–Crippen MR) is 96.0 cm³/mol. The van der Waals surface area contributed by atoms with Gasteiger partial charge in [-0.25, -0.2) is 9.59 Å². The second-order valence-electron chi connectivity index (χ2n) is 6.79. The maximum Gasteiger partial charge on any atom is 0.336 e. The summed E-state index contributed by atoms with van der Waals surface area (Å²) in [6, 6.07) is 3.17. The minimum atomic E-state index is -1.18. The van der Waals surface area contributed by atoms with Crippen LogP contribution in [0.2, 0.25) is 0 Å². The molecule has 0 aliphatic rings. The van der Waals surface area contributed by atoms with E-state index in [2.05, 4.69) is 13.8 Å². The lowest BCUT2D eigenvalue weighted by atomic mass is 9.90. The molecule has 0 aromatic heterocycles. The van der Waals surface area contributed by atoms with E-state index < -0.39 is 11.9 Å². The van der Waals surface area contributed by atoms with Crippen molar-refractivity contribution in [1.29, 1.82) is 0 Å². The Morgan fingerprint density at radius 2 is 1.58 bits per heavy atom. The molecule has 0 unspecified atom stereocenters. The summed E-state index contributed by atoms with van der Waals surface area (Å²) in [6.45, 7) is 6.43. The summed E-state index contributed by atoms with van der Waals surface area (Å²) in [5.41, 5.74) is 1.51. The van der Waals surface area contributed by atoms with Crippen LogP contribution in [0.4, 0.5) is 0 Å². The minimum Gasteiger partial charge on any atom is -0.478 e. The maximum absolute atomic E-state index is 11.6. The molecule has 0 saturated heterocycles. The van der Waals surface area contributed by atoms with Gasteiger partial charge in [0, 0.05) is 0 Å². The van der Waals surface area contributed by atoms with Crippen LogP contribution in [-0.4, -0.2) is 22.2 Å². The van der Waals surface area contributed by atoms with Crippen LogP contribution in [-0.2, 0) is 12.8 Å². The van der Waals surface area contributed by atoms with Gasteiger partial charge in [-0.1, -0.05) is 58.9 Å². The van der Waals surface area contributed by atoms with E-state index in [1.807, 2.05) is 6.92 Å². The third-order valence-electron chi connectivity index (χ3n) is 4.44. The van der Waals surface area contributed by atoms with Crippen LogP contribution in [0.5, 0.6) is 0 Å². The summed E-state index contributed by atoms with van der Waals surface area (Å²) in [5, 5.41) is 18.7. The average molecular weight is 334 g/mol. The van der Waals surface area contributed by atoms with Crippen LogP contribution >= 0.6 is 0 Å². The lowest BCUT2D eigenvalue weighted by Gasteiger charge is -2.14. The smallest absolute Gasteiger partial charge is 0.336 e. The average Bonchev–Trinajstić information content (AvgIpc) is 2.52. The summed E-state index contributed by atoms with van der Waals surface area (Å²) in [5.74, 6) is -1.58. The van der Waals surface area contributed by atoms with E-state index in [-0.39, 0.29) is 11.1 Å². The molecule has 2 N–H and O–H groups in total. The number of carboxylic acid groups (broad SMARTS) is 2. The number of carbonyl (C=O) groups is 2. The number of aromatic carboxylic acids is 2. The van der Waals surface area contributed by atoms with Crippen LogP contribution in [0.25, 0.3) is 0 Å². The highest BCUT2D eigenvalue weighted by atomic mass is 16.4. The molecule has 0 radical (unpaired) electrons. The van der Waals surface area contributed by atoms with Crippen LogP contribution in [0.1, 0.15) is 91.1 Å². The van der Waals surface area contributed by atoms with Gasteiger partial charge in [-0.15, -0.1) is 0 Å². The summed E-state index contributed by atoms with van der Waals surface area (Å²) in [6.07, 6.45) is 8.15. The van der Waals surface area contributed by atoms with Gasteiger partial charge in [0.25, 0.3) is 0 Å². The Morgan fingerprint density at radius 3 is 2.12 bits per heavy atom. The van der Waals surface area contributed by atoms with Crippen molar-refractivity contribution in [3.05, 3.63) is 34.4 Å². The third kappa shape index (κ3) is 5.99. The quantitative estimate of drug-likeness (QED) is 0.546. The number of rotatable bonds is 11. The van der Waals surface area contributed by atoms with Crippen LogP contribution in [0, 0.1) is 5.92 Å². The summed E-state index contributed by atoms with van der Waals surface area (Å²) >= 11 is 0. The van der Waals surface area contributed by atoms with Gasteiger partial charge in [0.2, 0.25) is 0 Å². The largest absolute Gasteiger partial charge is 0.478 e. The third-order valence-corrected chi connectivity index (χ3v) is 4.44. The first-order chi connectivity index (χ1) is 11.4. The van der Waals surface area contributed by atoms with Gasteiger partial charge in [-0.2, -0.15) is 0 Å². The van der Waals surface area contributed by atoms with Gasteiger partial charge in [0.15, 0.2) is 0 Å². The SMILES string of the molecule is CCc1ccc(C(=O)O)c(C(=O)O)c1CCCCCCCC(C)C. The Kier molecular flexibility index (Phi) is 8.51. The van der Waals surface area contributed by atoms with Gasteiger partial charge in [-0.3, -0.25) is 0 Å². The van der Waals surface area contributed by atoms with Crippen molar-refractivity contribution in [3.8, 4) is 0 Å². The summed E-state index contributed by atoms with van der Waals surface area (Å²) in [7, 11) is 0. The molecule has 4 nitrogen and oxygen atoms in total. The first-order valence-electron chi connectivity index (χ1n) is 8.99. The molecule has 0 spiro atoms. The summed E-state index contributed by atoms with van der Waals surface area (Å²) in [4.78, 5) is 22.9. The molecule has 134 valence electrons. The Balaban J connectivity index is 2.73. The van der Waals surface area contributed by atoms with E-state index in [9.17, 15) is 19.8 Å². The van der Waals surface area contributed by atoms with Crippen molar-refractivity contribution >= 4 is 11.9 Å². The number of carboxylic acids is 2.